The highest BCUT2D eigenvalue weighted by Crippen LogP contribution is 2.40. The first-order valence-corrected chi connectivity index (χ1v) is 6.77. The summed E-state index contributed by atoms with van der Waals surface area (Å²) in [6, 6.07) is 0. The Hall–Kier alpha value is -0.870. The Labute approximate surface area is 102 Å². The molecular weight excluding hydrogens is 214 g/mol. The number of aliphatic hydroxyl groups is 1. The quantitative estimate of drug-likeness (QED) is 0.825. The second-order valence-electron chi connectivity index (χ2n) is 5.24. The van der Waals surface area contributed by atoms with Gasteiger partial charge in [-0.3, -0.25) is 0 Å². The van der Waals surface area contributed by atoms with Crippen molar-refractivity contribution in [3.63, 3.8) is 0 Å². The van der Waals surface area contributed by atoms with Crippen LogP contribution in [0.4, 0.5) is 0 Å². The molecule has 1 aromatic heterocycles. The zero-order valence-electron chi connectivity index (χ0n) is 10.2. The number of piperidine rings is 1. The molecule has 1 aromatic rings. The molecule has 2 fully saturated rings. The van der Waals surface area contributed by atoms with Crippen molar-refractivity contribution >= 4 is 0 Å². The molecule has 2 N–H and O–H groups in total. The fourth-order valence-corrected chi connectivity index (χ4v) is 2.72. The zero-order valence-corrected chi connectivity index (χ0v) is 10.2. The Morgan fingerprint density at radius 3 is 2.65 bits per heavy atom. The highest BCUT2D eigenvalue weighted by molar-refractivity contribution is 5.17. The van der Waals surface area contributed by atoms with E-state index >= 15 is 0 Å². The molecule has 4 heteroatoms. The summed E-state index contributed by atoms with van der Waals surface area (Å²) in [5.41, 5.74) is 1.26. The Balaban J connectivity index is 1.83. The summed E-state index contributed by atoms with van der Waals surface area (Å²) in [5.74, 6) is 2.49. The fraction of sp³-hybridized carbons (Fsp3) is 0.769. The van der Waals surface area contributed by atoms with E-state index in [1.165, 1.54) is 37.2 Å². The van der Waals surface area contributed by atoms with Crippen molar-refractivity contribution in [3.8, 4) is 0 Å². The summed E-state index contributed by atoms with van der Waals surface area (Å²) in [7, 11) is 0. The maximum absolute atomic E-state index is 9.15. The Morgan fingerprint density at radius 2 is 2.00 bits per heavy atom. The van der Waals surface area contributed by atoms with E-state index < -0.39 is 0 Å². The van der Waals surface area contributed by atoms with E-state index in [9.17, 15) is 0 Å². The lowest BCUT2D eigenvalue weighted by Gasteiger charge is -2.22. The van der Waals surface area contributed by atoms with Crippen molar-refractivity contribution in [2.75, 3.05) is 19.7 Å². The standard InChI is InChI=1S/C13H21N3O/c17-8-7-16-9-12(10-1-2-10)15-13(16)11-3-5-14-6-4-11/h9-11,14,17H,1-8H2. The average Bonchev–Trinajstić information content (AvgIpc) is 3.13. The predicted molar refractivity (Wildman–Crippen MR) is 66.1 cm³/mol. The van der Waals surface area contributed by atoms with Gasteiger partial charge in [-0.15, -0.1) is 0 Å². The molecule has 0 radical (unpaired) electrons. The number of hydrogen-bond donors (Lipinski definition) is 2. The van der Waals surface area contributed by atoms with Gasteiger partial charge in [-0.05, 0) is 38.8 Å². The minimum atomic E-state index is 0.207. The molecule has 4 nitrogen and oxygen atoms in total. The molecule has 2 heterocycles. The van der Waals surface area contributed by atoms with Gasteiger partial charge in [0.05, 0.1) is 12.3 Å². The third-order valence-electron chi connectivity index (χ3n) is 3.87. The zero-order chi connectivity index (χ0) is 11.7. The van der Waals surface area contributed by atoms with Gasteiger partial charge in [0.2, 0.25) is 0 Å². The van der Waals surface area contributed by atoms with Crippen LogP contribution in [-0.4, -0.2) is 34.4 Å². The van der Waals surface area contributed by atoms with Gasteiger partial charge in [0.1, 0.15) is 5.82 Å². The molecular formula is C13H21N3O. The van der Waals surface area contributed by atoms with Gasteiger partial charge >= 0.3 is 0 Å². The topological polar surface area (TPSA) is 50.1 Å². The maximum atomic E-state index is 9.15. The summed E-state index contributed by atoms with van der Waals surface area (Å²) in [6.45, 7) is 3.09. The van der Waals surface area contributed by atoms with Gasteiger partial charge in [0, 0.05) is 24.6 Å². The third-order valence-corrected chi connectivity index (χ3v) is 3.87. The van der Waals surface area contributed by atoms with E-state index in [4.69, 9.17) is 10.1 Å². The van der Waals surface area contributed by atoms with Crippen LogP contribution in [0.15, 0.2) is 6.20 Å². The number of imidazole rings is 1. The molecule has 0 aromatic carbocycles. The molecule has 0 spiro atoms. The van der Waals surface area contributed by atoms with Crippen molar-refractivity contribution in [1.29, 1.82) is 0 Å². The smallest absolute Gasteiger partial charge is 0.112 e. The lowest BCUT2D eigenvalue weighted by atomic mass is 9.97. The van der Waals surface area contributed by atoms with Gasteiger partial charge in [-0.1, -0.05) is 0 Å². The molecule has 94 valence electrons. The molecule has 17 heavy (non-hydrogen) atoms. The van der Waals surface area contributed by atoms with Gasteiger partial charge in [-0.25, -0.2) is 4.98 Å². The summed E-state index contributed by atoms with van der Waals surface area (Å²) in [6.07, 6.45) is 7.11. The molecule has 1 saturated heterocycles. The van der Waals surface area contributed by atoms with E-state index in [2.05, 4.69) is 16.1 Å². The van der Waals surface area contributed by atoms with Gasteiger partial charge in [-0.2, -0.15) is 0 Å². The molecule has 2 aliphatic rings. The van der Waals surface area contributed by atoms with Crippen LogP contribution < -0.4 is 5.32 Å². The molecule has 0 unspecified atom stereocenters. The minimum Gasteiger partial charge on any atom is -0.395 e. The number of rotatable bonds is 4. The Bertz CT molecular complexity index is 378. The van der Waals surface area contributed by atoms with Crippen molar-refractivity contribution in [2.45, 2.75) is 44.1 Å². The van der Waals surface area contributed by atoms with E-state index in [0.29, 0.717) is 18.4 Å². The number of hydrogen-bond acceptors (Lipinski definition) is 3. The maximum Gasteiger partial charge on any atom is 0.112 e. The third kappa shape index (κ3) is 2.38. The highest BCUT2D eigenvalue weighted by atomic mass is 16.3. The molecule has 3 rings (SSSR count). The van der Waals surface area contributed by atoms with Crippen LogP contribution >= 0.6 is 0 Å². The molecule has 1 aliphatic carbocycles. The van der Waals surface area contributed by atoms with Crippen LogP contribution in [0.2, 0.25) is 0 Å². The van der Waals surface area contributed by atoms with E-state index in [-0.39, 0.29) is 6.61 Å². The lowest BCUT2D eigenvalue weighted by Crippen LogP contribution is -2.28. The summed E-state index contributed by atoms with van der Waals surface area (Å²) in [4.78, 5) is 4.84. The summed E-state index contributed by atoms with van der Waals surface area (Å²) in [5, 5.41) is 12.5. The number of aliphatic hydroxyl groups excluding tert-OH is 1. The first kappa shape index (κ1) is 11.2. The molecule has 1 saturated carbocycles. The van der Waals surface area contributed by atoms with Crippen molar-refractivity contribution in [3.05, 3.63) is 17.7 Å². The summed E-state index contributed by atoms with van der Waals surface area (Å²) < 4.78 is 2.18. The van der Waals surface area contributed by atoms with Gasteiger partial charge in [0.15, 0.2) is 0 Å². The molecule has 0 atom stereocenters. The Kier molecular flexibility index (Phi) is 3.16. The van der Waals surface area contributed by atoms with Crippen LogP contribution in [0.1, 0.15) is 49.0 Å². The normalized spacial score (nSPS) is 21.9. The first-order chi connectivity index (χ1) is 8.38. The number of aromatic nitrogens is 2. The second-order valence-corrected chi connectivity index (χ2v) is 5.24. The average molecular weight is 235 g/mol. The van der Waals surface area contributed by atoms with Gasteiger partial charge < -0.3 is 15.0 Å². The largest absolute Gasteiger partial charge is 0.395 e. The van der Waals surface area contributed by atoms with E-state index in [0.717, 1.165) is 13.1 Å². The van der Waals surface area contributed by atoms with E-state index in [1.54, 1.807) is 0 Å². The van der Waals surface area contributed by atoms with Crippen LogP contribution in [-0.2, 0) is 6.54 Å². The number of nitrogens with one attached hydrogen (secondary N) is 1. The van der Waals surface area contributed by atoms with Crippen LogP contribution in [0.25, 0.3) is 0 Å². The minimum absolute atomic E-state index is 0.207. The van der Waals surface area contributed by atoms with Crippen LogP contribution in [0, 0.1) is 0 Å². The molecule has 0 amide bonds. The fourth-order valence-electron chi connectivity index (χ4n) is 2.72. The van der Waals surface area contributed by atoms with Crippen molar-refractivity contribution in [2.24, 2.45) is 0 Å². The second kappa shape index (κ2) is 4.78. The van der Waals surface area contributed by atoms with Crippen molar-refractivity contribution < 1.29 is 5.11 Å². The van der Waals surface area contributed by atoms with Gasteiger partial charge in [0.25, 0.3) is 0 Å². The molecule has 0 bridgehead atoms. The summed E-state index contributed by atoms with van der Waals surface area (Å²) >= 11 is 0. The first-order valence-electron chi connectivity index (χ1n) is 6.77. The van der Waals surface area contributed by atoms with E-state index in [1.807, 2.05) is 0 Å². The molecule has 1 aliphatic heterocycles. The predicted octanol–water partition coefficient (Wildman–Crippen LogP) is 1.22. The van der Waals surface area contributed by atoms with Crippen molar-refractivity contribution in [1.82, 2.24) is 14.9 Å². The van der Waals surface area contributed by atoms with Crippen LogP contribution in [0.3, 0.4) is 0 Å². The highest BCUT2D eigenvalue weighted by Gasteiger charge is 2.29. The number of nitrogens with zero attached hydrogens (tertiary/aromatic N) is 2. The Morgan fingerprint density at radius 1 is 1.24 bits per heavy atom. The lowest BCUT2D eigenvalue weighted by molar-refractivity contribution is 0.271. The monoisotopic (exact) mass is 235 g/mol. The SMILES string of the molecule is OCCn1cc(C2CC2)nc1C1CCNCC1. The van der Waals surface area contributed by atoms with Crippen LogP contribution in [0.5, 0.6) is 0 Å².